The Hall–Kier alpha value is -1.13. The van der Waals surface area contributed by atoms with E-state index in [1.165, 1.54) is 0 Å². The Morgan fingerprint density at radius 2 is 2.25 bits per heavy atom. The molecule has 2 heterocycles. The third-order valence-electron chi connectivity index (χ3n) is 2.56. The molecule has 0 spiro atoms. The highest BCUT2D eigenvalue weighted by atomic mass is 35.5. The van der Waals surface area contributed by atoms with Crippen LogP contribution in [0, 0.1) is 6.92 Å². The van der Waals surface area contributed by atoms with Crippen LogP contribution in [0.25, 0.3) is 5.65 Å². The zero-order valence-corrected chi connectivity index (χ0v) is 10.4. The highest BCUT2D eigenvalue weighted by Crippen LogP contribution is 2.22. The second-order valence-electron chi connectivity index (χ2n) is 3.68. The molecule has 0 N–H and O–H groups in total. The first kappa shape index (κ1) is 11.4. The van der Waals surface area contributed by atoms with Gasteiger partial charge in [-0.2, -0.15) is 0 Å². The van der Waals surface area contributed by atoms with Crippen LogP contribution in [0.15, 0.2) is 6.07 Å². The Labute approximate surface area is 99.2 Å². The van der Waals surface area contributed by atoms with Gasteiger partial charge in [0.2, 0.25) is 0 Å². The fourth-order valence-corrected chi connectivity index (χ4v) is 2.20. The molecule has 2 aromatic rings. The van der Waals surface area contributed by atoms with Gasteiger partial charge in [-0.05, 0) is 30.5 Å². The first-order valence-electron chi connectivity index (χ1n) is 5.20. The Balaban J connectivity index is 2.63. The minimum atomic E-state index is 0.401. The van der Waals surface area contributed by atoms with Crippen molar-refractivity contribution in [3.8, 4) is 0 Å². The summed E-state index contributed by atoms with van der Waals surface area (Å²) in [5, 5.41) is 4.95. The van der Waals surface area contributed by atoms with Gasteiger partial charge in [0.15, 0.2) is 11.5 Å². The maximum Gasteiger partial charge on any atom is 0.177 e. The Morgan fingerprint density at radius 3 is 2.88 bits per heavy atom. The van der Waals surface area contributed by atoms with E-state index in [-0.39, 0.29) is 0 Å². The maximum absolute atomic E-state index is 6.28. The van der Waals surface area contributed by atoms with E-state index in [9.17, 15) is 0 Å². The summed E-state index contributed by atoms with van der Waals surface area (Å²) in [5.41, 5.74) is 3.03. The van der Waals surface area contributed by atoms with Crippen LogP contribution >= 0.6 is 11.6 Å². The summed E-state index contributed by atoms with van der Waals surface area (Å²) in [4.78, 5) is 4.34. The van der Waals surface area contributed by atoms with Crippen LogP contribution in [0.3, 0.4) is 0 Å². The van der Waals surface area contributed by atoms with Gasteiger partial charge in [-0.25, -0.2) is 9.50 Å². The first-order valence-corrected chi connectivity index (χ1v) is 5.57. The Bertz CT molecular complexity index is 521. The third-order valence-corrected chi connectivity index (χ3v) is 2.95. The van der Waals surface area contributed by atoms with Crippen LogP contribution < -0.4 is 0 Å². The van der Waals surface area contributed by atoms with Crippen LogP contribution in [0.2, 0.25) is 5.15 Å². The maximum atomic E-state index is 6.28. The highest BCUT2D eigenvalue weighted by Gasteiger charge is 2.11. The van der Waals surface area contributed by atoms with E-state index in [1.807, 2.05) is 13.0 Å². The predicted molar refractivity (Wildman–Crippen MR) is 62.8 cm³/mol. The van der Waals surface area contributed by atoms with Gasteiger partial charge in [0.05, 0.1) is 0 Å². The fourth-order valence-electron chi connectivity index (χ4n) is 1.79. The van der Waals surface area contributed by atoms with Crippen LogP contribution in [0.5, 0.6) is 0 Å². The number of ether oxygens (including phenoxy) is 1. The lowest BCUT2D eigenvalue weighted by Gasteiger charge is -2.06. The van der Waals surface area contributed by atoms with E-state index in [0.29, 0.717) is 17.6 Å². The molecule has 2 rings (SSSR count). The molecule has 2 aromatic heterocycles. The number of aromatic nitrogens is 3. The molecule has 86 valence electrons. The molecule has 0 amide bonds. The molecule has 0 bridgehead atoms. The molecule has 0 fully saturated rings. The van der Waals surface area contributed by atoms with Gasteiger partial charge in [-0.1, -0.05) is 18.5 Å². The van der Waals surface area contributed by atoms with E-state index >= 15 is 0 Å². The molecule has 0 atom stereocenters. The molecule has 0 aliphatic carbocycles. The minimum absolute atomic E-state index is 0.401. The van der Waals surface area contributed by atoms with Crippen molar-refractivity contribution in [3.05, 3.63) is 28.2 Å². The monoisotopic (exact) mass is 239 g/mol. The van der Waals surface area contributed by atoms with Crippen molar-refractivity contribution in [2.24, 2.45) is 0 Å². The number of rotatable bonds is 3. The number of aryl methyl sites for hydroxylation is 1. The van der Waals surface area contributed by atoms with Gasteiger partial charge in [-0.15, -0.1) is 5.10 Å². The number of hydrogen-bond acceptors (Lipinski definition) is 3. The lowest BCUT2D eigenvalue weighted by Crippen LogP contribution is -1.98. The van der Waals surface area contributed by atoms with Crippen molar-refractivity contribution >= 4 is 17.2 Å². The third kappa shape index (κ3) is 1.79. The average molecular weight is 240 g/mol. The fraction of sp³-hybridized carbons (Fsp3) is 0.455. The number of hydrogen-bond donors (Lipinski definition) is 0. The number of halogens is 1. The van der Waals surface area contributed by atoms with Crippen LogP contribution in [-0.2, 0) is 17.8 Å². The van der Waals surface area contributed by atoms with E-state index in [0.717, 1.165) is 23.2 Å². The van der Waals surface area contributed by atoms with Gasteiger partial charge in [0.1, 0.15) is 11.8 Å². The molecule has 16 heavy (non-hydrogen) atoms. The largest absolute Gasteiger partial charge is 0.377 e. The van der Waals surface area contributed by atoms with E-state index in [2.05, 4.69) is 17.0 Å². The summed E-state index contributed by atoms with van der Waals surface area (Å²) in [6, 6.07) is 2.00. The summed E-state index contributed by atoms with van der Waals surface area (Å²) in [5.74, 6) is 0.650. The summed E-state index contributed by atoms with van der Waals surface area (Å²) in [6.45, 7) is 4.51. The Kier molecular flexibility index (Phi) is 3.12. The quantitative estimate of drug-likeness (QED) is 0.773. The van der Waals surface area contributed by atoms with Crippen molar-refractivity contribution in [3.63, 3.8) is 0 Å². The van der Waals surface area contributed by atoms with Crippen LogP contribution in [0.4, 0.5) is 0 Å². The van der Waals surface area contributed by atoms with E-state index in [4.69, 9.17) is 16.3 Å². The normalized spacial score (nSPS) is 11.2. The molecule has 0 unspecified atom stereocenters. The topological polar surface area (TPSA) is 39.4 Å². The molecular weight excluding hydrogens is 226 g/mol. The summed E-state index contributed by atoms with van der Waals surface area (Å²) >= 11 is 6.28. The second kappa shape index (κ2) is 4.39. The average Bonchev–Trinajstić information content (AvgIpc) is 2.62. The molecule has 5 heteroatoms. The lowest BCUT2D eigenvalue weighted by atomic mass is 10.1. The van der Waals surface area contributed by atoms with Crippen molar-refractivity contribution in [2.45, 2.75) is 26.9 Å². The van der Waals surface area contributed by atoms with Gasteiger partial charge in [0.25, 0.3) is 0 Å². The summed E-state index contributed by atoms with van der Waals surface area (Å²) in [6.07, 6.45) is 0.889. The van der Waals surface area contributed by atoms with E-state index in [1.54, 1.807) is 11.6 Å². The van der Waals surface area contributed by atoms with Crippen molar-refractivity contribution < 1.29 is 4.74 Å². The lowest BCUT2D eigenvalue weighted by molar-refractivity contribution is 0.178. The predicted octanol–water partition coefficient (Wildman–Crippen LogP) is 2.40. The molecule has 0 saturated carbocycles. The highest BCUT2D eigenvalue weighted by molar-refractivity contribution is 6.30. The molecule has 0 aromatic carbocycles. The Morgan fingerprint density at radius 1 is 1.50 bits per heavy atom. The molecule has 0 aliphatic heterocycles. The van der Waals surface area contributed by atoms with E-state index < -0.39 is 0 Å². The molecule has 0 aliphatic rings. The number of methoxy groups -OCH3 is 1. The molecular formula is C11H14ClN3O. The smallest absolute Gasteiger partial charge is 0.177 e. The summed E-state index contributed by atoms with van der Waals surface area (Å²) < 4.78 is 6.67. The van der Waals surface area contributed by atoms with Crippen LogP contribution in [0.1, 0.15) is 23.9 Å². The van der Waals surface area contributed by atoms with Crippen molar-refractivity contribution in [2.75, 3.05) is 7.11 Å². The standard InChI is InChI=1S/C11H14ClN3O/c1-4-8-7(2)5-10-13-9(6-16-3)14-15(10)11(8)12/h5H,4,6H2,1-3H3. The van der Waals surface area contributed by atoms with Gasteiger partial charge in [0, 0.05) is 7.11 Å². The number of pyridine rings is 1. The minimum Gasteiger partial charge on any atom is -0.377 e. The SMILES string of the molecule is CCc1c(C)cc2nc(COC)nn2c1Cl. The van der Waals surface area contributed by atoms with Crippen molar-refractivity contribution in [1.82, 2.24) is 14.6 Å². The summed E-state index contributed by atoms with van der Waals surface area (Å²) in [7, 11) is 1.62. The molecule has 0 saturated heterocycles. The zero-order valence-electron chi connectivity index (χ0n) is 9.62. The molecule has 0 radical (unpaired) electrons. The number of fused-ring (bicyclic) bond motifs is 1. The first-order chi connectivity index (χ1) is 7.67. The van der Waals surface area contributed by atoms with Crippen molar-refractivity contribution in [1.29, 1.82) is 0 Å². The molecule has 4 nitrogen and oxygen atoms in total. The van der Waals surface area contributed by atoms with Gasteiger partial charge >= 0.3 is 0 Å². The second-order valence-corrected chi connectivity index (χ2v) is 4.04. The zero-order chi connectivity index (χ0) is 11.7. The number of nitrogens with zero attached hydrogens (tertiary/aromatic N) is 3. The van der Waals surface area contributed by atoms with Gasteiger partial charge in [-0.3, -0.25) is 0 Å². The van der Waals surface area contributed by atoms with Crippen LogP contribution in [-0.4, -0.2) is 21.7 Å². The van der Waals surface area contributed by atoms with Gasteiger partial charge < -0.3 is 4.74 Å².